The molecule has 41 heavy (non-hydrogen) atoms. The zero-order chi connectivity index (χ0) is 28.6. The third-order valence-electron chi connectivity index (χ3n) is 8.00. The van der Waals surface area contributed by atoms with E-state index in [1.54, 1.807) is 18.1 Å². The summed E-state index contributed by atoms with van der Waals surface area (Å²) in [7, 11) is -2.19. The number of piperidine rings is 1. The van der Waals surface area contributed by atoms with Crippen molar-refractivity contribution in [1.29, 1.82) is 0 Å². The number of Topliss-reactive ketones (excluding diaryl/α,β-unsaturated/α-hetero) is 1. The largest absolute Gasteiger partial charge is 0.385 e. The van der Waals surface area contributed by atoms with Crippen LogP contribution in [0.1, 0.15) is 41.6 Å². The van der Waals surface area contributed by atoms with Crippen molar-refractivity contribution in [3.63, 3.8) is 0 Å². The quantitative estimate of drug-likeness (QED) is 0.215. The van der Waals surface area contributed by atoms with E-state index in [0.717, 1.165) is 51.7 Å². The molecular formula is C32H32N2O5S2. The number of amides is 1. The lowest BCUT2D eigenvalue weighted by atomic mass is 9.93. The molecule has 3 aromatic carbocycles. The van der Waals surface area contributed by atoms with Gasteiger partial charge in [-0.25, -0.2) is 8.42 Å². The second-order valence-electron chi connectivity index (χ2n) is 10.5. The fourth-order valence-corrected chi connectivity index (χ4v) is 9.12. The molecule has 4 aromatic rings. The maximum Gasteiger partial charge on any atom is 0.258 e. The van der Waals surface area contributed by atoms with Crippen LogP contribution in [0.5, 0.6) is 0 Å². The predicted octanol–water partition coefficient (Wildman–Crippen LogP) is 5.92. The van der Waals surface area contributed by atoms with Crippen molar-refractivity contribution in [2.75, 3.05) is 31.7 Å². The highest BCUT2D eigenvalue weighted by molar-refractivity contribution is 7.91. The maximum atomic E-state index is 13.8. The number of thiophene rings is 1. The first-order chi connectivity index (χ1) is 19.9. The molecule has 9 heteroatoms. The SMILES string of the molecule is COCCCN1C(=O)c2cccc3c(CC(=O)C4CCCCN4S(=O)(=O)c4ccc(-c5ccccc5)s4)ccc1c23. The van der Waals surface area contributed by atoms with Gasteiger partial charge in [-0.3, -0.25) is 9.59 Å². The molecule has 2 aliphatic rings. The third-order valence-corrected chi connectivity index (χ3v) is 11.5. The molecule has 1 aromatic heterocycles. The van der Waals surface area contributed by atoms with Crippen LogP contribution in [0.25, 0.3) is 21.2 Å². The highest BCUT2D eigenvalue weighted by Gasteiger charge is 2.38. The molecule has 2 aliphatic heterocycles. The summed E-state index contributed by atoms with van der Waals surface area (Å²) in [6.45, 7) is 1.44. The molecule has 1 amide bonds. The molecule has 6 rings (SSSR count). The number of benzene rings is 3. The zero-order valence-corrected chi connectivity index (χ0v) is 24.5. The number of hydrogen-bond donors (Lipinski definition) is 0. The Balaban J connectivity index is 1.27. The number of sulfonamides is 1. The van der Waals surface area contributed by atoms with Crippen LogP contribution >= 0.6 is 11.3 Å². The lowest BCUT2D eigenvalue weighted by Gasteiger charge is -2.33. The van der Waals surface area contributed by atoms with Crippen molar-refractivity contribution >= 4 is 49.5 Å². The van der Waals surface area contributed by atoms with Crippen LogP contribution in [0, 0.1) is 0 Å². The second kappa shape index (κ2) is 11.5. The van der Waals surface area contributed by atoms with E-state index < -0.39 is 16.1 Å². The van der Waals surface area contributed by atoms with Gasteiger partial charge in [0.15, 0.2) is 5.78 Å². The van der Waals surface area contributed by atoms with E-state index in [2.05, 4.69) is 0 Å². The smallest absolute Gasteiger partial charge is 0.258 e. The monoisotopic (exact) mass is 588 g/mol. The van der Waals surface area contributed by atoms with Crippen molar-refractivity contribution in [3.8, 4) is 10.4 Å². The average Bonchev–Trinajstić information content (AvgIpc) is 3.60. The van der Waals surface area contributed by atoms with Gasteiger partial charge in [0, 0.05) is 49.1 Å². The predicted molar refractivity (Wildman–Crippen MR) is 162 cm³/mol. The summed E-state index contributed by atoms with van der Waals surface area (Å²) in [4.78, 5) is 29.7. The lowest BCUT2D eigenvalue weighted by molar-refractivity contribution is -0.122. The van der Waals surface area contributed by atoms with Gasteiger partial charge >= 0.3 is 0 Å². The van der Waals surface area contributed by atoms with Gasteiger partial charge in [-0.05, 0) is 60.0 Å². The molecule has 3 heterocycles. The topological polar surface area (TPSA) is 84.0 Å². The van der Waals surface area contributed by atoms with Gasteiger partial charge in [0.1, 0.15) is 4.21 Å². The standard InChI is InChI=1S/C32H32N2O5S2/c1-39-20-8-18-33-27-15-14-23(24-11-7-12-25(31(24)27)32(33)36)21-28(35)26-13-5-6-19-34(26)41(37,38)30-17-16-29(40-30)22-9-3-2-4-10-22/h2-4,7,9-12,14-17,26H,5-6,8,13,18-21H2,1H3. The fourth-order valence-electron chi connectivity index (χ4n) is 6.00. The van der Waals surface area contributed by atoms with Crippen LogP contribution < -0.4 is 4.90 Å². The highest BCUT2D eigenvalue weighted by Crippen LogP contribution is 2.40. The Labute approximate surface area is 244 Å². The van der Waals surface area contributed by atoms with E-state index in [9.17, 15) is 18.0 Å². The van der Waals surface area contributed by atoms with Crippen LogP contribution in [0.4, 0.5) is 5.69 Å². The second-order valence-corrected chi connectivity index (χ2v) is 13.7. The van der Waals surface area contributed by atoms with E-state index in [1.165, 1.54) is 15.6 Å². The molecule has 7 nitrogen and oxygen atoms in total. The highest BCUT2D eigenvalue weighted by atomic mass is 32.2. The van der Waals surface area contributed by atoms with Gasteiger partial charge in [-0.2, -0.15) is 4.31 Å². The minimum Gasteiger partial charge on any atom is -0.385 e. The summed E-state index contributed by atoms with van der Waals surface area (Å²) in [6, 6.07) is 21.9. The average molecular weight is 589 g/mol. The van der Waals surface area contributed by atoms with Crippen molar-refractivity contribution in [1.82, 2.24) is 4.31 Å². The number of nitrogens with zero attached hydrogens (tertiary/aromatic N) is 2. The lowest BCUT2D eigenvalue weighted by Crippen LogP contribution is -2.48. The molecular weight excluding hydrogens is 556 g/mol. The van der Waals surface area contributed by atoms with Gasteiger partial charge < -0.3 is 9.64 Å². The Kier molecular flexibility index (Phi) is 7.78. The molecule has 0 N–H and O–H groups in total. The number of carbonyl (C=O) groups excluding carboxylic acids is 2. The molecule has 1 atom stereocenters. The van der Waals surface area contributed by atoms with Crippen molar-refractivity contribution in [2.24, 2.45) is 0 Å². The molecule has 1 fully saturated rings. The normalized spacial score (nSPS) is 17.4. The summed E-state index contributed by atoms with van der Waals surface area (Å²) in [6.07, 6.45) is 2.86. The van der Waals surface area contributed by atoms with E-state index in [0.29, 0.717) is 31.7 Å². The van der Waals surface area contributed by atoms with Crippen LogP contribution in [0.2, 0.25) is 0 Å². The fraction of sp³-hybridized carbons (Fsp3) is 0.312. The van der Waals surface area contributed by atoms with Gasteiger partial charge in [0.2, 0.25) is 0 Å². The zero-order valence-electron chi connectivity index (χ0n) is 22.9. The number of ether oxygens (including phenoxy) is 1. The van der Waals surface area contributed by atoms with Crippen molar-refractivity contribution in [3.05, 3.63) is 83.9 Å². The van der Waals surface area contributed by atoms with E-state index in [4.69, 9.17) is 4.74 Å². The first-order valence-corrected chi connectivity index (χ1v) is 16.2. The Morgan fingerprint density at radius 2 is 1.83 bits per heavy atom. The van der Waals surface area contributed by atoms with Crippen LogP contribution in [-0.4, -0.2) is 57.3 Å². The van der Waals surface area contributed by atoms with Gasteiger partial charge in [0.05, 0.1) is 11.7 Å². The minimum absolute atomic E-state index is 0.0412. The van der Waals surface area contributed by atoms with Crippen LogP contribution in [0.3, 0.4) is 0 Å². The molecule has 0 radical (unpaired) electrons. The maximum absolute atomic E-state index is 13.8. The summed E-state index contributed by atoms with van der Waals surface area (Å²) >= 11 is 1.24. The van der Waals surface area contributed by atoms with Crippen LogP contribution in [0.15, 0.2) is 77.0 Å². The number of carbonyl (C=O) groups is 2. The molecule has 0 bridgehead atoms. The number of rotatable bonds is 10. The molecule has 0 spiro atoms. The first-order valence-electron chi connectivity index (χ1n) is 14.0. The number of ketones is 1. The van der Waals surface area contributed by atoms with Gasteiger partial charge in [-0.1, -0.05) is 55.0 Å². The summed E-state index contributed by atoms with van der Waals surface area (Å²) in [5, 5.41) is 1.73. The van der Waals surface area contributed by atoms with E-state index in [-0.39, 0.29) is 22.3 Å². The summed E-state index contributed by atoms with van der Waals surface area (Å²) < 4.78 is 34.5. The molecule has 212 valence electrons. The van der Waals surface area contributed by atoms with E-state index >= 15 is 0 Å². The Morgan fingerprint density at radius 1 is 1.00 bits per heavy atom. The molecule has 1 saturated heterocycles. The number of anilines is 1. The van der Waals surface area contributed by atoms with Gasteiger partial charge in [-0.15, -0.1) is 11.3 Å². The minimum atomic E-state index is -3.84. The van der Waals surface area contributed by atoms with Crippen molar-refractivity contribution < 1.29 is 22.7 Å². The van der Waals surface area contributed by atoms with Crippen LogP contribution in [-0.2, 0) is 26.0 Å². The first kappa shape index (κ1) is 27.8. The summed E-state index contributed by atoms with van der Waals surface area (Å²) in [5.41, 5.74) is 3.26. The molecule has 0 aliphatic carbocycles. The Hall–Kier alpha value is -3.37. The molecule has 0 saturated carbocycles. The third kappa shape index (κ3) is 5.12. The van der Waals surface area contributed by atoms with E-state index in [1.807, 2.05) is 66.7 Å². The Bertz CT molecular complexity index is 1710. The van der Waals surface area contributed by atoms with Crippen molar-refractivity contribution in [2.45, 2.75) is 42.4 Å². The Morgan fingerprint density at radius 3 is 2.63 bits per heavy atom. The summed E-state index contributed by atoms with van der Waals surface area (Å²) in [5.74, 6) is -0.157. The number of methoxy groups -OCH3 is 1. The van der Waals surface area contributed by atoms with Gasteiger partial charge in [0.25, 0.3) is 15.9 Å². The molecule has 1 unspecified atom stereocenters. The number of hydrogen-bond acceptors (Lipinski definition) is 6.